The summed E-state index contributed by atoms with van der Waals surface area (Å²) in [5.74, 6) is 0.634. The van der Waals surface area contributed by atoms with Gasteiger partial charge in [0, 0.05) is 11.9 Å². The molecule has 0 saturated carbocycles. The fourth-order valence-electron chi connectivity index (χ4n) is 2.21. The van der Waals surface area contributed by atoms with Gasteiger partial charge >= 0.3 is 0 Å². The maximum Gasteiger partial charge on any atom is 0.263 e. The second kappa shape index (κ2) is 5.17. The van der Waals surface area contributed by atoms with E-state index < -0.39 is 0 Å². The summed E-state index contributed by atoms with van der Waals surface area (Å²) in [5.41, 5.74) is 2.25. The standard InChI is InChI=1S/C16H15N3O/c1-2-13-15(17-12-8-4-3-5-9-12)18-14-10-6-7-11-19(14)16(13)20/h3-11,17H,2H2,1H3. The van der Waals surface area contributed by atoms with Crippen molar-refractivity contribution in [2.75, 3.05) is 5.32 Å². The Morgan fingerprint density at radius 1 is 1.10 bits per heavy atom. The monoisotopic (exact) mass is 265 g/mol. The number of aromatic nitrogens is 2. The Bertz CT molecular complexity index is 794. The van der Waals surface area contributed by atoms with Gasteiger partial charge in [0.1, 0.15) is 11.5 Å². The van der Waals surface area contributed by atoms with Crippen molar-refractivity contribution in [3.8, 4) is 0 Å². The Morgan fingerprint density at radius 3 is 2.60 bits per heavy atom. The van der Waals surface area contributed by atoms with Gasteiger partial charge in [-0.3, -0.25) is 9.20 Å². The summed E-state index contributed by atoms with van der Waals surface area (Å²) in [5, 5.41) is 3.23. The number of fused-ring (bicyclic) bond motifs is 1. The number of para-hydroxylation sites is 1. The summed E-state index contributed by atoms with van der Waals surface area (Å²) < 4.78 is 1.58. The van der Waals surface area contributed by atoms with E-state index >= 15 is 0 Å². The summed E-state index contributed by atoms with van der Waals surface area (Å²) in [6.45, 7) is 1.96. The molecular formula is C16H15N3O. The zero-order valence-electron chi connectivity index (χ0n) is 11.2. The second-order valence-corrected chi connectivity index (χ2v) is 4.52. The molecule has 4 heteroatoms. The highest BCUT2D eigenvalue weighted by Gasteiger charge is 2.10. The van der Waals surface area contributed by atoms with Crippen molar-refractivity contribution >= 4 is 17.2 Å². The largest absolute Gasteiger partial charge is 0.340 e. The predicted octanol–water partition coefficient (Wildman–Crippen LogP) is 3.00. The summed E-state index contributed by atoms with van der Waals surface area (Å²) in [7, 11) is 0. The second-order valence-electron chi connectivity index (χ2n) is 4.52. The van der Waals surface area contributed by atoms with E-state index in [0.717, 1.165) is 5.69 Å². The molecule has 0 aliphatic heterocycles. The fraction of sp³-hybridized carbons (Fsp3) is 0.125. The third kappa shape index (κ3) is 2.16. The van der Waals surface area contributed by atoms with E-state index in [1.54, 1.807) is 10.6 Å². The Labute approximate surface area is 116 Å². The van der Waals surface area contributed by atoms with E-state index in [-0.39, 0.29) is 5.56 Å². The maximum atomic E-state index is 12.5. The molecule has 20 heavy (non-hydrogen) atoms. The first-order valence-electron chi connectivity index (χ1n) is 6.62. The summed E-state index contributed by atoms with van der Waals surface area (Å²) >= 11 is 0. The number of nitrogens with zero attached hydrogens (tertiary/aromatic N) is 2. The molecule has 0 radical (unpaired) electrons. The van der Waals surface area contributed by atoms with Crippen molar-refractivity contribution in [3.05, 3.63) is 70.6 Å². The number of anilines is 2. The molecule has 0 aliphatic rings. The summed E-state index contributed by atoms with van der Waals surface area (Å²) in [6.07, 6.45) is 2.38. The average Bonchev–Trinajstić information content (AvgIpc) is 2.49. The number of pyridine rings is 1. The van der Waals surface area contributed by atoms with Gasteiger partial charge in [0.25, 0.3) is 5.56 Å². The number of benzene rings is 1. The highest BCUT2D eigenvalue weighted by atomic mass is 16.1. The van der Waals surface area contributed by atoms with Crippen LogP contribution in [0.4, 0.5) is 11.5 Å². The molecule has 2 heterocycles. The van der Waals surface area contributed by atoms with Gasteiger partial charge in [0.15, 0.2) is 0 Å². The molecule has 3 rings (SSSR count). The molecule has 0 aliphatic carbocycles. The first-order chi connectivity index (χ1) is 9.79. The minimum atomic E-state index is -0.0171. The molecule has 4 nitrogen and oxygen atoms in total. The van der Waals surface area contributed by atoms with Crippen LogP contribution in [-0.4, -0.2) is 9.38 Å². The van der Waals surface area contributed by atoms with E-state index in [4.69, 9.17) is 0 Å². The van der Waals surface area contributed by atoms with Crippen molar-refractivity contribution in [2.45, 2.75) is 13.3 Å². The summed E-state index contributed by atoms with van der Waals surface area (Å²) in [6, 6.07) is 15.3. The van der Waals surface area contributed by atoms with E-state index in [1.165, 1.54) is 0 Å². The number of rotatable bonds is 3. The Hall–Kier alpha value is -2.62. The van der Waals surface area contributed by atoms with Crippen LogP contribution < -0.4 is 10.9 Å². The van der Waals surface area contributed by atoms with E-state index in [2.05, 4.69) is 10.3 Å². The van der Waals surface area contributed by atoms with Crippen LogP contribution >= 0.6 is 0 Å². The molecule has 3 aromatic rings. The smallest absolute Gasteiger partial charge is 0.263 e. The van der Waals surface area contributed by atoms with Gasteiger partial charge in [0.05, 0.1) is 5.56 Å². The molecule has 2 aromatic heterocycles. The average molecular weight is 265 g/mol. The lowest BCUT2D eigenvalue weighted by Gasteiger charge is -2.11. The topological polar surface area (TPSA) is 46.4 Å². The molecular weight excluding hydrogens is 250 g/mol. The molecule has 1 aromatic carbocycles. The molecule has 1 N–H and O–H groups in total. The van der Waals surface area contributed by atoms with Crippen molar-refractivity contribution in [2.24, 2.45) is 0 Å². The minimum Gasteiger partial charge on any atom is -0.340 e. The lowest BCUT2D eigenvalue weighted by atomic mass is 10.2. The zero-order valence-corrected chi connectivity index (χ0v) is 11.2. The highest BCUT2D eigenvalue weighted by Crippen LogP contribution is 2.17. The molecule has 0 fully saturated rings. The number of hydrogen-bond donors (Lipinski definition) is 1. The lowest BCUT2D eigenvalue weighted by Crippen LogP contribution is -2.21. The van der Waals surface area contributed by atoms with Gasteiger partial charge < -0.3 is 5.32 Å². The van der Waals surface area contributed by atoms with Gasteiger partial charge in [-0.05, 0) is 30.7 Å². The van der Waals surface area contributed by atoms with Gasteiger partial charge in [0.2, 0.25) is 0 Å². The van der Waals surface area contributed by atoms with Crippen LogP contribution in [0.25, 0.3) is 5.65 Å². The third-order valence-corrected chi connectivity index (χ3v) is 3.22. The highest BCUT2D eigenvalue weighted by molar-refractivity contribution is 5.61. The Kier molecular flexibility index (Phi) is 3.21. The Balaban J connectivity index is 2.17. The molecule has 0 saturated heterocycles. The van der Waals surface area contributed by atoms with Gasteiger partial charge in [-0.1, -0.05) is 31.2 Å². The molecule has 0 amide bonds. The normalized spacial score (nSPS) is 10.7. The van der Waals surface area contributed by atoms with Crippen molar-refractivity contribution in [1.29, 1.82) is 0 Å². The predicted molar refractivity (Wildman–Crippen MR) is 80.6 cm³/mol. The van der Waals surface area contributed by atoms with Crippen LogP contribution in [0.1, 0.15) is 12.5 Å². The van der Waals surface area contributed by atoms with Crippen LogP contribution in [0, 0.1) is 0 Å². The van der Waals surface area contributed by atoms with Crippen LogP contribution in [0.5, 0.6) is 0 Å². The van der Waals surface area contributed by atoms with E-state index in [0.29, 0.717) is 23.4 Å². The van der Waals surface area contributed by atoms with Gasteiger partial charge in [-0.25, -0.2) is 4.98 Å². The maximum absolute atomic E-state index is 12.5. The van der Waals surface area contributed by atoms with Crippen molar-refractivity contribution < 1.29 is 0 Å². The van der Waals surface area contributed by atoms with Crippen LogP contribution in [0.3, 0.4) is 0 Å². The first-order valence-corrected chi connectivity index (χ1v) is 6.62. The molecule has 0 atom stereocenters. The molecule has 0 spiro atoms. The SMILES string of the molecule is CCc1c(Nc2ccccc2)nc2ccccn2c1=O. The van der Waals surface area contributed by atoms with Crippen LogP contribution in [0.15, 0.2) is 59.5 Å². The van der Waals surface area contributed by atoms with E-state index in [9.17, 15) is 4.79 Å². The van der Waals surface area contributed by atoms with Crippen molar-refractivity contribution in [1.82, 2.24) is 9.38 Å². The van der Waals surface area contributed by atoms with Crippen LogP contribution in [-0.2, 0) is 6.42 Å². The lowest BCUT2D eigenvalue weighted by molar-refractivity contribution is 0.971. The third-order valence-electron chi connectivity index (χ3n) is 3.22. The zero-order chi connectivity index (χ0) is 13.9. The molecule has 100 valence electrons. The number of nitrogens with one attached hydrogen (secondary N) is 1. The first kappa shape index (κ1) is 12.4. The van der Waals surface area contributed by atoms with Crippen molar-refractivity contribution in [3.63, 3.8) is 0 Å². The summed E-state index contributed by atoms with van der Waals surface area (Å²) in [4.78, 5) is 17.0. The molecule has 0 unspecified atom stereocenters. The van der Waals surface area contributed by atoms with Crippen LogP contribution in [0.2, 0.25) is 0 Å². The number of hydrogen-bond acceptors (Lipinski definition) is 3. The minimum absolute atomic E-state index is 0.0171. The molecule has 0 bridgehead atoms. The van der Waals surface area contributed by atoms with E-state index in [1.807, 2.05) is 55.5 Å². The van der Waals surface area contributed by atoms with Gasteiger partial charge in [-0.2, -0.15) is 0 Å². The van der Waals surface area contributed by atoms with Gasteiger partial charge in [-0.15, -0.1) is 0 Å². The fourth-order valence-corrected chi connectivity index (χ4v) is 2.21. The quantitative estimate of drug-likeness (QED) is 0.792. The Morgan fingerprint density at radius 2 is 1.85 bits per heavy atom.